The van der Waals surface area contributed by atoms with E-state index >= 15 is 0 Å². The molecule has 0 bridgehead atoms. The van der Waals surface area contributed by atoms with Crippen LogP contribution in [0, 0.1) is 11.8 Å². The normalized spacial score (nSPS) is 26.1. The molecule has 2 atom stereocenters. The average molecular weight is 338 g/mol. The van der Waals surface area contributed by atoms with Crippen LogP contribution in [0.3, 0.4) is 0 Å². The molecule has 0 aromatic carbocycles. The van der Waals surface area contributed by atoms with Crippen molar-refractivity contribution in [3.63, 3.8) is 0 Å². The molecule has 1 saturated heterocycles. The van der Waals surface area contributed by atoms with Gasteiger partial charge in [0.2, 0.25) is 5.91 Å². The Labute approximate surface area is 146 Å². The van der Waals surface area contributed by atoms with E-state index in [-0.39, 0.29) is 18.1 Å². The number of ether oxygens (including phenoxy) is 1. The first-order valence-corrected chi connectivity index (χ1v) is 9.52. The van der Waals surface area contributed by atoms with Gasteiger partial charge in [-0.1, -0.05) is 26.2 Å². The van der Waals surface area contributed by atoms with Crippen molar-refractivity contribution >= 4 is 12.0 Å². The second-order valence-corrected chi connectivity index (χ2v) is 8.57. The maximum Gasteiger partial charge on any atom is 0.407 e. The van der Waals surface area contributed by atoms with Gasteiger partial charge in [0.05, 0.1) is 0 Å². The zero-order valence-electron chi connectivity index (χ0n) is 15.8. The molecular formula is C19H34N2O3. The third-order valence-corrected chi connectivity index (χ3v) is 5.15. The summed E-state index contributed by atoms with van der Waals surface area (Å²) in [5, 5.41) is 2.97. The summed E-state index contributed by atoms with van der Waals surface area (Å²) >= 11 is 0. The lowest BCUT2D eigenvalue weighted by Crippen LogP contribution is -2.52. The molecule has 1 heterocycles. The summed E-state index contributed by atoms with van der Waals surface area (Å²) < 4.78 is 5.33. The molecule has 0 aromatic rings. The van der Waals surface area contributed by atoms with Gasteiger partial charge in [0.15, 0.2) is 0 Å². The molecule has 2 amide bonds. The lowest BCUT2D eigenvalue weighted by molar-refractivity contribution is -0.134. The van der Waals surface area contributed by atoms with Crippen LogP contribution in [-0.4, -0.2) is 41.6 Å². The van der Waals surface area contributed by atoms with E-state index in [1.54, 1.807) is 0 Å². The molecule has 0 radical (unpaired) electrons. The number of piperidine rings is 1. The van der Waals surface area contributed by atoms with Crippen molar-refractivity contribution in [1.82, 2.24) is 10.2 Å². The summed E-state index contributed by atoms with van der Waals surface area (Å²) in [4.78, 5) is 26.5. The summed E-state index contributed by atoms with van der Waals surface area (Å²) in [5.41, 5.74) is -0.482. The Hall–Kier alpha value is -1.26. The fraction of sp³-hybridized carbons (Fsp3) is 0.895. The highest BCUT2D eigenvalue weighted by molar-refractivity contribution is 5.76. The van der Waals surface area contributed by atoms with Crippen LogP contribution in [0.2, 0.25) is 0 Å². The summed E-state index contributed by atoms with van der Waals surface area (Å²) in [5.74, 6) is 1.13. The highest BCUT2D eigenvalue weighted by Crippen LogP contribution is 2.28. The van der Waals surface area contributed by atoms with Crippen LogP contribution >= 0.6 is 0 Å². The smallest absolute Gasteiger partial charge is 0.407 e. The Balaban J connectivity index is 1.77. The topological polar surface area (TPSA) is 58.6 Å². The molecule has 5 nitrogen and oxygen atoms in total. The maximum absolute atomic E-state index is 12.5. The van der Waals surface area contributed by atoms with Gasteiger partial charge in [-0.25, -0.2) is 4.79 Å². The second-order valence-electron chi connectivity index (χ2n) is 8.57. The minimum atomic E-state index is -0.482. The lowest BCUT2D eigenvalue weighted by atomic mass is 9.86. The van der Waals surface area contributed by atoms with E-state index < -0.39 is 5.60 Å². The number of amides is 2. The summed E-state index contributed by atoms with van der Waals surface area (Å²) in [6.45, 7) is 9.15. The van der Waals surface area contributed by atoms with Gasteiger partial charge in [0.1, 0.15) is 5.60 Å². The number of likely N-dealkylation sites (tertiary alicyclic amines) is 1. The molecule has 1 aliphatic carbocycles. The van der Waals surface area contributed by atoms with E-state index in [9.17, 15) is 9.59 Å². The SMILES string of the molecule is C[C@H]1CN(C(=O)CC2CCCCC2)CC[C@@H]1NC(=O)OC(C)(C)C. The Morgan fingerprint density at radius 3 is 2.38 bits per heavy atom. The van der Waals surface area contributed by atoms with Crippen molar-refractivity contribution in [2.24, 2.45) is 11.8 Å². The Bertz CT molecular complexity index is 438. The van der Waals surface area contributed by atoms with Gasteiger partial charge >= 0.3 is 6.09 Å². The van der Waals surface area contributed by atoms with Crippen LogP contribution in [0.4, 0.5) is 4.79 Å². The summed E-state index contributed by atoms with van der Waals surface area (Å²) in [7, 11) is 0. The van der Waals surface area contributed by atoms with Crippen LogP contribution in [0.25, 0.3) is 0 Å². The number of carbonyl (C=O) groups excluding carboxylic acids is 2. The quantitative estimate of drug-likeness (QED) is 0.853. The molecule has 138 valence electrons. The van der Waals surface area contributed by atoms with Crippen molar-refractivity contribution in [1.29, 1.82) is 0 Å². The molecule has 0 aromatic heterocycles. The Kier molecular flexibility index (Phi) is 6.53. The van der Waals surface area contributed by atoms with Crippen molar-refractivity contribution in [2.75, 3.05) is 13.1 Å². The molecular weight excluding hydrogens is 304 g/mol. The first-order chi connectivity index (χ1) is 11.2. The zero-order valence-corrected chi connectivity index (χ0v) is 15.8. The van der Waals surface area contributed by atoms with Gasteiger partial charge in [0, 0.05) is 25.6 Å². The van der Waals surface area contributed by atoms with Crippen molar-refractivity contribution in [2.45, 2.75) is 84.3 Å². The molecule has 2 rings (SSSR count). The van der Waals surface area contributed by atoms with Crippen molar-refractivity contribution in [3.8, 4) is 0 Å². The third-order valence-electron chi connectivity index (χ3n) is 5.15. The minimum absolute atomic E-state index is 0.0820. The first-order valence-electron chi connectivity index (χ1n) is 9.52. The van der Waals surface area contributed by atoms with Gasteiger partial charge in [-0.2, -0.15) is 0 Å². The fourth-order valence-electron chi connectivity index (χ4n) is 3.81. The highest BCUT2D eigenvalue weighted by Gasteiger charge is 2.31. The number of carbonyl (C=O) groups is 2. The number of rotatable bonds is 3. The molecule has 1 saturated carbocycles. The molecule has 2 fully saturated rings. The third kappa shape index (κ3) is 5.99. The van der Waals surface area contributed by atoms with Crippen molar-refractivity contribution in [3.05, 3.63) is 0 Å². The molecule has 24 heavy (non-hydrogen) atoms. The molecule has 0 unspecified atom stereocenters. The van der Waals surface area contributed by atoms with Gasteiger partial charge in [-0.3, -0.25) is 4.79 Å². The summed E-state index contributed by atoms with van der Waals surface area (Å²) in [6, 6.07) is 0.0820. The van der Waals surface area contributed by atoms with Gasteiger partial charge < -0.3 is 15.0 Å². The molecule has 1 N–H and O–H groups in total. The van der Waals surface area contributed by atoms with E-state index in [4.69, 9.17) is 4.74 Å². The maximum atomic E-state index is 12.5. The predicted octanol–water partition coefficient (Wildman–Crippen LogP) is 3.72. The Morgan fingerprint density at radius 2 is 1.79 bits per heavy atom. The van der Waals surface area contributed by atoms with Crippen molar-refractivity contribution < 1.29 is 14.3 Å². The number of alkyl carbamates (subject to hydrolysis) is 1. The van der Waals surface area contributed by atoms with Crippen LogP contribution in [0.1, 0.15) is 72.6 Å². The van der Waals surface area contributed by atoms with Gasteiger partial charge in [0.25, 0.3) is 0 Å². The lowest BCUT2D eigenvalue weighted by Gasteiger charge is -2.38. The zero-order chi connectivity index (χ0) is 17.7. The molecule has 0 spiro atoms. The first kappa shape index (κ1) is 19.1. The van der Waals surface area contributed by atoms with E-state index in [1.807, 2.05) is 25.7 Å². The second kappa shape index (κ2) is 8.21. The largest absolute Gasteiger partial charge is 0.444 e. The number of hydrogen-bond acceptors (Lipinski definition) is 3. The molecule has 5 heteroatoms. The van der Waals surface area contributed by atoms with Crippen LogP contribution in [-0.2, 0) is 9.53 Å². The van der Waals surface area contributed by atoms with Gasteiger partial charge in [-0.15, -0.1) is 0 Å². The highest BCUT2D eigenvalue weighted by atomic mass is 16.6. The van der Waals surface area contributed by atoms with E-state index in [2.05, 4.69) is 12.2 Å². The Morgan fingerprint density at radius 1 is 1.12 bits per heavy atom. The fourth-order valence-corrected chi connectivity index (χ4v) is 3.81. The van der Waals surface area contributed by atoms with Gasteiger partial charge in [-0.05, 0) is 51.9 Å². The van der Waals surface area contributed by atoms with Crippen LogP contribution in [0.5, 0.6) is 0 Å². The number of nitrogens with one attached hydrogen (secondary N) is 1. The van der Waals surface area contributed by atoms with E-state index in [0.29, 0.717) is 18.2 Å². The number of nitrogens with zero attached hydrogens (tertiary/aromatic N) is 1. The minimum Gasteiger partial charge on any atom is -0.444 e. The standard InChI is InChI=1S/C19H34N2O3/c1-14-13-21(17(22)12-15-8-6-5-7-9-15)11-10-16(14)20-18(23)24-19(2,3)4/h14-16H,5-13H2,1-4H3,(H,20,23)/t14-,16-/m0/s1. The van der Waals surface area contributed by atoms with E-state index in [1.165, 1.54) is 32.1 Å². The average Bonchev–Trinajstić information content (AvgIpc) is 2.48. The van der Waals surface area contributed by atoms with E-state index in [0.717, 1.165) is 19.5 Å². The van der Waals surface area contributed by atoms with Crippen LogP contribution in [0.15, 0.2) is 0 Å². The number of hydrogen-bond donors (Lipinski definition) is 1. The summed E-state index contributed by atoms with van der Waals surface area (Å²) in [6.07, 6.45) is 7.43. The monoisotopic (exact) mass is 338 g/mol. The van der Waals surface area contributed by atoms with Crippen LogP contribution < -0.4 is 5.32 Å². The molecule has 1 aliphatic heterocycles. The molecule has 2 aliphatic rings. The predicted molar refractivity (Wildman–Crippen MR) is 94.7 cm³/mol.